The SMILES string of the molecule is CC(c1cnccn1)N1CC[C@H](N)C1. The molecular formula is C10H16N4. The van der Waals surface area contributed by atoms with Gasteiger partial charge in [-0.15, -0.1) is 0 Å². The van der Waals surface area contributed by atoms with Gasteiger partial charge in [0.25, 0.3) is 0 Å². The van der Waals surface area contributed by atoms with E-state index in [0.29, 0.717) is 12.1 Å². The van der Waals surface area contributed by atoms with Crippen LogP contribution >= 0.6 is 0 Å². The van der Waals surface area contributed by atoms with Gasteiger partial charge in [-0.05, 0) is 13.3 Å². The predicted octanol–water partition coefficient (Wildman–Crippen LogP) is 0.571. The molecule has 0 bridgehead atoms. The Morgan fingerprint density at radius 3 is 3.00 bits per heavy atom. The Morgan fingerprint density at radius 2 is 2.43 bits per heavy atom. The van der Waals surface area contributed by atoms with Crippen molar-refractivity contribution in [2.75, 3.05) is 13.1 Å². The second kappa shape index (κ2) is 4.02. The lowest BCUT2D eigenvalue weighted by atomic mass is 10.2. The summed E-state index contributed by atoms with van der Waals surface area (Å²) in [6.45, 7) is 4.19. The van der Waals surface area contributed by atoms with E-state index in [1.807, 2.05) is 6.20 Å². The molecule has 1 aliphatic heterocycles. The van der Waals surface area contributed by atoms with Gasteiger partial charge in [-0.2, -0.15) is 0 Å². The van der Waals surface area contributed by atoms with Gasteiger partial charge in [0, 0.05) is 37.7 Å². The van der Waals surface area contributed by atoms with Gasteiger partial charge in [0.15, 0.2) is 0 Å². The third-order valence-corrected chi connectivity index (χ3v) is 2.82. The molecule has 2 N–H and O–H groups in total. The van der Waals surface area contributed by atoms with Gasteiger partial charge in [0.2, 0.25) is 0 Å². The highest BCUT2D eigenvalue weighted by molar-refractivity contribution is 5.02. The van der Waals surface area contributed by atoms with Gasteiger partial charge in [-0.3, -0.25) is 14.9 Å². The summed E-state index contributed by atoms with van der Waals surface area (Å²) >= 11 is 0. The first-order chi connectivity index (χ1) is 6.77. The molecule has 0 aromatic carbocycles. The maximum absolute atomic E-state index is 5.86. The van der Waals surface area contributed by atoms with Gasteiger partial charge in [0.05, 0.1) is 11.7 Å². The zero-order valence-corrected chi connectivity index (χ0v) is 8.43. The second-order valence-electron chi connectivity index (χ2n) is 3.85. The third-order valence-electron chi connectivity index (χ3n) is 2.82. The van der Waals surface area contributed by atoms with Crippen molar-refractivity contribution in [2.45, 2.75) is 25.4 Å². The van der Waals surface area contributed by atoms with E-state index in [-0.39, 0.29) is 0 Å². The topological polar surface area (TPSA) is 55.0 Å². The number of likely N-dealkylation sites (tertiary alicyclic amines) is 1. The molecule has 4 heteroatoms. The zero-order valence-electron chi connectivity index (χ0n) is 8.43. The molecular weight excluding hydrogens is 176 g/mol. The molecule has 4 nitrogen and oxygen atoms in total. The fraction of sp³-hybridized carbons (Fsp3) is 0.600. The number of nitrogens with zero attached hydrogens (tertiary/aromatic N) is 3. The molecule has 0 aliphatic carbocycles. The summed E-state index contributed by atoms with van der Waals surface area (Å²) in [4.78, 5) is 10.7. The largest absolute Gasteiger partial charge is 0.326 e. The molecule has 2 rings (SSSR count). The first kappa shape index (κ1) is 9.55. The molecule has 2 heterocycles. The molecule has 0 saturated carbocycles. The lowest BCUT2D eigenvalue weighted by Crippen LogP contribution is -2.29. The van der Waals surface area contributed by atoms with Crippen LogP contribution in [0.5, 0.6) is 0 Å². The number of nitrogens with two attached hydrogens (primary N) is 1. The molecule has 2 atom stereocenters. The first-order valence-electron chi connectivity index (χ1n) is 5.03. The average molecular weight is 192 g/mol. The van der Waals surface area contributed by atoms with Crippen LogP contribution in [-0.4, -0.2) is 34.0 Å². The van der Waals surface area contributed by atoms with Crippen LogP contribution in [0.4, 0.5) is 0 Å². The molecule has 76 valence electrons. The Bertz CT molecular complexity index is 287. The average Bonchev–Trinajstić information content (AvgIpc) is 2.65. The molecule has 1 fully saturated rings. The number of hydrogen-bond donors (Lipinski definition) is 1. The van der Waals surface area contributed by atoms with Crippen LogP contribution in [0.2, 0.25) is 0 Å². The van der Waals surface area contributed by atoms with E-state index in [1.54, 1.807) is 12.4 Å². The summed E-state index contributed by atoms with van der Waals surface area (Å²) < 4.78 is 0. The molecule has 14 heavy (non-hydrogen) atoms. The van der Waals surface area contributed by atoms with Crippen molar-refractivity contribution >= 4 is 0 Å². The summed E-state index contributed by atoms with van der Waals surface area (Å²) in [6.07, 6.45) is 6.35. The van der Waals surface area contributed by atoms with Gasteiger partial charge in [-0.1, -0.05) is 0 Å². The predicted molar refractivity (Wildman–Crippen MR) is 54.6 cm³/mol. The van der Waals surface area contributed by atoms with Gasteiger partial charge < -0.3 is 5.73 Å². The van der Waals surface area contributed by atoms with Crippen molar-refractivity contribution in [3.63, 3.8) is 0 Å². The highest BCUT2D eigenvalue weighted by atomic mass is 15.2. The maximum Gasteiger partial charge on any atom is 0.0755 e. The Hall–Kier alpha value is -1.00. The lowest BCUT2D eigenvalue weighted by molar-refractivity contribution is 0.255. The smallest absolute Gasteiger partial charge is 0.0755 e. The molecule has 1 unspecified atom stereocenters. The van der Waals surface area contributed by atoms with Crippen LogP contribution in [0.1, 0.15) is 25.1 Å². The lowest BCUT2D eigenvalue weighted by Gasteiger charge is -2.22. The Morgan fingerprint density at radius 1 is 1.57 bits per heavy atom. The molecule has 0 amide bonds. The minimum atomic E-state index is 0.328. The minimum absolute atomic E-state index is 0.328. The molecule has 1 aliphatic rings. The van der Waals surface area contributed by atoms with Crippen molar-refractivity contribution in [2.24, 2.45) is 5.73 Å². The summed E-state index contributed by atoms with van der Waals surface area (Å²) in [7, 11) is 0. The molecule has 1 saturated heterocycles. The normalized spacial score (nSPS) is 25.1. The molecule has 0 radical (unpaired) electrons. The van der Waals surface area contributed by atoms with Crippen molar-refractivity contribution < 1.29 is 0 Å². The van der Waals surface area contributed by atoms with Gasteiger partial charge in [0.1, 0.15) is 0 Å². The number of aromatic nitrogens is 2. The van der Waals surface area contributed by atoms with E-state index >= 15 is 0 Å². The van der Waals surface area contributed by atoms with Crippen LogP contribution < -0.4 is 5.73 Å². The highest BCUT2D eigenvalue weighted by Crippen LogP contribution is 2.21. The number of hydrogen-bond acceptors (Lipinski definition) is 4. The zero-order chi connectivity index (χ0) is 9.97. The second-order valence-corrected chi connectivity index (χ2v) is 3.85. The minimum Gasteiger partial charge on any atom is -0.326 e. The maximum atomic E-state index is 5.86. The summed E-state index contributed by atoms with van der Waals surface area (Å²) in [5.74, 6) is 0. The van der Waals surface area contributed by atoms with E-state index < -0.39 is 0 Å². The molecule has 1 aromatic rings. The summed E-state index contributed by atoms with van der Waals surface area (Å²) in [5.41, 5.74) is 6.89. The van der Waals surface area contributed by atoms with Crippen LogP contribution in [-0.2, 0) is 0 Å². The van der Waals surface area contributed by atoms with E-state index in [9.17, 15) is 0 Å². The molecule has 1 aromatic heterocycles. The summed E-state index contributed by atoms with van der Waals surface area (Å²) in [6, 6.07) is 0.659. The fourth-order valence-corrected chi connectivity index (χ4v) is 1.88. The first-order valence-corrected chi connectivity index (χ1v) is 5.03. The van der Waals surface area contributed by atoms with Crippen molar-refractivity contribution in [1.29, 1.82) is 0 Å². The molecule has 0 spiro atoms. The van der Waals surface area contributed by atoms with E-state index in [1.165, 1.54) is 0 Å². The fourth-order valence-electron chi connectivity index (χ4n) is 1.88. The van der Waals surface area contributed by atoms with Crippen LogP contribution in [0.3, 0.4) is 0 Å². The van der Waals surface area contributed by atoms with E-state index in [0.717, 1.165) is 25.2 Å². The van der Waals surface area contributed by atoms with Crippen LogP contribution in [0.25, 0.3) is 0 Å². The monoisotopic (exact) mass is 192 g/mol. The Labute approximate surface area is 84.2 Å². The Kier molecular flexibility index (Phi) is 2.74. The van der Waals surface area contributed by atoms with Gasteiger partial charge in [-0.25, -0.2) is 0 Å². The number of rotatable bonds is 2. The summed E-state index contributed by atoms with van der Waals surface area (Å²) in [5, 5.41) is 0. The quantitative estimate of drug-likeness (QED) is 0.744. The van der Waals surface area contributed by atoms with E-state index in [4.69, 9.17) is 5.73 Å². The van der Waals surface area contributed by atoms with Crippen molar-refractivity contribution in [1.82, 2.24) is 14.9 Å². The standard InChI is InChI=1S/C10H16N4/c1-8(10-6-12-3-4-13-10)14-5-2-9(11)7-14/h3-4,6,8-9H,2,5,7,11H2,1H3/t8?,9-/m0/s1. The van der Waals surface area contributed by atoms with Crippen molar-refractivity contribution in [3.8, 4) is 0 Å². The van der Waals surface area contributed by atoms with Crippen LogP contribution in [0, 0.1) is 0 Å². The van der Waals surface area contributed by atoms with Crippen molar-refractivity contribution in [3.05, 3.63) is 24.3 Å². The van der Waals surface area contributed by atoms with Crippen LogP contribution in [0.15, 0.2) is 18.6 Å². The third kappa shape index (κ3) is 1.91. The van der Waals surface area contributed by atoms with Gasteiger partial charge >= 0.3 is 0 Å². The van der Waals surface area contributed by atoms with E-state index in [2.05, 4.69) is 21.8 Å². The highest BCUT2D eigenvalue weighted by Gasteiger charge is 2.24. The Balaban J connectivity index is 2.05.